The van der Waals surface area contributed by atoms with Crippen LogP contribution in [0.1, 0.15) is 106 Å². The van der Waals surface area contributed by atoms with Crippen molar-refractivity contribution in [2.75, 3.05) is 13.2 Å². The van der Waals surface area contributed by atoms with Gasteiger partial charge < -0.3 is 35.6 Å². The molecule has 2 saturated carbocycles. The monoisotopic (exact) mass is 757 g/mol. The molecule has 292 valence electrons. The number of pyridine rings is 1. The maximum atomic E-state index is 14.7. The van der Waals surface area contributed by atoms with Gasteiger partial charge in [-0.15, -0.1) is 0 Å². The number of halogens is 1. The summed E-state index contributed by atoms with van der Waals surface area (Å²) < 4.78 is 11.9. The van der Waals surface area contributed by atoms with E-state index in [-0.39, 0.29) is 48.7 Å². The van der Waals surface area contributed by atoms with E-state index in [9.17, 15) is 24.0 Å². The first-order chi connectivity index (χ1) is 25.0. The van der Waals surface area contributed by atoms with Gasteiger partial charge in [-0.05, 0) is 63.4 Å². The van der Waals surface area contributed by atoms with Gasteiger partial charge in [0.1, 0.15) is 30.8 Å². The number of nitrogens with one attached hydrogen (secondary N) is 4. The first-order valence-electron chi connectivity index (χ1n) is 19.1. The van der Waals surface area contributed by atoms with Crippen LogP contribution in [0.25, 0.3) is 0 Å². The van der Waals surface area contributed by atoms with Crippen LogP contribution in [0.3, 0.4) is 0 Å². The molecule has 14 nitrogen and oxygen atoms in total. The highest BCUT2D eigenvalue weighted by Crippen LogP contribution is 2.32. The van der Waals surface area contributed by atoms with Gasteiger partial charge in [0.15, 0.2) is 0 Å². The molecule has 1 aromatic rings. The minimum Gasteiger partial charge on any atom is -0.472 e. The number of carbonyl (C=O) groups is 5. The maximum absolute atomic E-state index is 14.7. The van der Waals surface area contributed by atoms with Crippen molar-refractivity contribution < 1.29 is 33.4 Å². The van der Waals surface area contributed by atoms with Crippen molar-refractivity contribution in [3.05, 3.63) is 23.4 Å². The fourth-order valence-electron chi connectivity index (χ4n) is 7.12. The van der Waals surface area contributed by atoms with E-state index in [4.69, 9.17) is 26.1 Å². The minimum atomic E-state index is -1.06. The number of aromatic nitrogens is 1. The summed E-state index contributed by atoms with van der Waals surface area (Å²) in [5.74, 6) is -2.66. The Kier molecular flexibility index (Phi) is 12.9. The zero-order chi connectivity index (χ0) is 38.5. The van der Waals surface area contributed by atoms with Crippen LogP contribution >= 0.6 is 11.6 Å². The van der Waals surface area contributed by atoms with Gasteiger partial charge in [0.2, 0.25) is 29.4 Å². The number of Topliss-reactive ketones (excluding diaryl/α,β-unsaturated/α-hetero) is 1. The highest BCUT2D eigenvalue weighted by Gasteiger charge is 2.47. The van der Waals surface area contributed by atoms with E-state index in [1.54, 1.807) is 12.1 Å². The van der Waals surface area contributed by atoms with Crippen molar-refractivity contribution in [1.29, 1.82) is 0 Å². The van der Waals surface area contributed by atoms with Crippen LogP contribution in [0, 0.1) is 11.3 Å². The van der Waals surface area contributed by atoms with Crippen LogP contribution in [0.2, 0.25) is 5.02 Å². The first-order valence-corrected chi connectivity index (χ1v) is 19.5. The van der Waals surface area contributed by atoms with Gasteiger partial charge in [0.05, 0.1) is 23.1 Å². The van der Waals surface area contributed by atoms with E-state index in [2.05, 4.69) is 26.3 Å². The molecule has 4 fully saturated rings. The molecule has 2 aliphatic heterocycles. The molecule has 2 saturated heterocycles. The summed E-state index contributed by atoms with van der Waals surface area (Å²) in [7, 11) is 0. The molecule has 5 rings (SSSR count). The van der Waals surface area contributed by atoms with Crippen LogP contribution < -0.4 is 26.0 Å². The van der Waals surface area contributed by atoms with E-state index in [1.807, 2.05) is 41.5 Å². The summed E-state index contributed by atoms with van der Waals surface area (Å²) in [5.41, 5.74) is -1.11. The average molecular weight is 758 g/mol. The molecule has 0 aromatic carbocycles. The van der Waals surface area contributed by atoms with Crippen molar-refractivity contribution in [2.45, 2.75) is 148 Å². The lowest BCUT2D eigenvalue weighted by Gasteiger charge is -2.37. The number of carbonyl (C=O) groups excluding carboxylic acids is 5. The van der Waals surface area contributed by atoms with Gasteiger partial charge in [-0.2, -0.15) is 0 Å². The third kappa shape index (κ3) is 10.8. The molecule has 0 radical (unpaired) electrons. The molecule has 4 aliphatic rings. The van der Waals surface area contributed by atoms with Crippen molar-refractivity contribution in [3.63, 3.8) is 0 Å². The van der Waals surface area contributed by atoms with E-state index in [1.165, 1.54) is 11.1 Å². The zero-order valence-corrected chi connectivity index (χ0v) is 32.6. The van der Waals surface area contributed by atoms with Gasteiger partial charge >= 0.3 is 0 Å². The van der Waals surface area contributed by atoms with Crippen molar-refractivity contribution in [2.24, 2.45) is 16.3 Å². The molecule has 5 atom stereocenters. The van der Waals surface area contributed by atoms with Crippen molar-refractivity contribution in [1.82, 2.24) is 31.2 Å². The normalized spacial score (nSPS) is 24.0. The number of amides is 4. The molecular formula is C38H56ClN7O7. The predicted molar refractivity (Wildman–Crippen MR) is 199 cm³/mol. The molecule has 15 heteroatoms. The van der Waals surface area contributed by atoms with E-state index in [0.29, 0.717) is 24.1 Å². The number of likely N-dealkylation sites (tertiary alicyclic amines) is 1. The van der Waals surface area contributed by atoms with Gasteiger partial charge in [-0.25, -0.2) is 9.98 Å². The maximum Gasteiger partial charge on any atom is 0.289 e. The lowest BCUT2D eigenvalue weighted by molar-refractivity contribution is -0.145. The quantitative estimate of drug-likeness (QED) is 0.207. The second-order valence-corrected chi connectivity index (χ2v) is 17.1. The Hall–Kier alpha value is -3.94. The van der Waals surface area contributed by atoms with E-state index >= 15 is 0 Å². The van der Waals surface area contributed by atoms with Gasteiger partial charge in [-0.3, -0.25) is 24.0 Å². The Morgan fingerprint density at radius 3 is 2.40 bits per heavy atom. The molecule has 0 bridgehead atoms. The largest absolute Gasteiger partial charge is 0.472 e. The van der Waals surface area contributed by atoms with Gasteiger partial charge in [0.25, 0.3) is 11.9 Å². The highest BCUT2D eigenvalue weighted by atomic mass is 35.5. The number of amidine groups is 1. The Balaban J connectivity index is 1.40. The van der Waals surface area contributed by atoms with Crippen LogP contribution in [0.15, 0.2) is 23.3 Å². The molecule has 2 aliphatic carbocycles. The Morgan fingerprint density at radius 1 is 1.09 bits per heavy atom. The van der Waals surface area contributed by atoms with Crippen molar-refractivity contribution in [3.8, 4) is 5.88 Å². The average Bonchev–Trinajstić information content (AvgIpc) is 3.71. The number of nitrogens with zero attached hydrogens (tertiary/aromatic N) is 3. The summed E-state index contributed by atoms with van der Waals surface area (Å²) in [5, 5.41) is 12.2. The lowest BCUT2D eigenvalue weighted by Crippen LogP contribution is -2.60. The fourth-order valence-corrected chi connectivity index (χ4v) is 7.23. The second-order valence-electron chi connectivity index (χ2n) is 16.6. The smallest absolute Gasteiger partial charge is 0.289 e. The summed E-state index contributed by atoms with van der Waals surface area (Å²) in [4.78, 5) is 79.4. The molecule has 1 aromatic heterocycles. The standard InChI is InChI=1S/C38H56ClN7O7/c1-7-11-26(30(47)34(50)41-24-15-16-24)42-32(48)27-18-25(53-28-17-14-23(39)19-40-28)20-46(27)35(51)31(37(2,3)4)44-33(49)29(22-12-9-8-10-13-22)43-36-45-38(5,6)21-52-36/h14,17,19,22,24-27,29,31H,7-13,15-16,18,20-21H2,1-6H3,(H,41,50)(H,42,48)(H,43,45)(H,44,49)/t25-,26+,27+,29+,31-/m1/s1. The third-order valence-electron chi connectivity index (χ3n) is 10.2. The number of rotatable bonds is 14. The van der Waals surface area contributed by atoms with Gasteiger partial charge in [-0.1, -0.05) is 65.0 Å². The summed E-state index contributed by atoms with van der Waals surface area (Å²) in [6, 6.07) is -0.427. The number of ether oxygens (including phenoxy) is 2. The number of ketones is 1. The second kappa shape index (κ2) is 17.0. The topological polar surface area (TPSA) is 180 Å². The van der Waals surface area contributed by atoms with Crippen LogP contribution in [-0.4, -0.2) is 100 Å². The Morgan fingerprint density at radius 2 is 1.81 bits per heavy atom. The molecule has 0 spiro atoms. The van der Waals surface area contributed by atoms with Crippen LogP contribution in [0.5, 0.6) is 5.88 Å². The SMILES string of the molecule is CCC[C@H](NC(=O)[C@@H]1C[C@@H](Oc2ccc(Cl)cn2)CN1C(=O)[C@@H](NC(=O)[C@@H](N=C1NC(C)(C)CO1)C1CCCCC1)C(C)(C)C)C(=O)C(=O)NC1CC1. The first kappa shape index (κ1) is 40.2. The van der Waals surface area contributed by atoms with Crippen LogP contribution in [0.4, 0.5) is 0 Å². The zero-order valence-electron chi connectivity index (χ0n) is 31.8. The highest BCUT2D eigenvalue weighted by molar-refractivity contribution is 6.38. The number of hydrogen-bond acceptors (Lipinski definition) is 9. The van der Waals surface area contributed by atoms with E-state index in [0.717, 1.165) is 44.9 Å². The minimum absolute atomic E-state index is 0.0133. The predicted octanol–water partition coefficient (Wildman–Crippen LogP) is 3.45. The number of aliphatic imine (C=N–C) groups is 1. The van der Waals surface area contributed by atoms with Gasteiger partial charge in [0, 0.05) is 24.7 Å². The van der Waals surface area contributed by atoms with Crippen LogP contribution in [-0.2, 0) is 28.7 Å². The van der Waals surface area contributed by atoms with E-state index < -0.39 is 59.2 Å². The molecular weight excluding hydrogens is 702 g/mol. The summed E-state index contributed by atoms with van der Waals surface area (Å²) >= 11 is 6.03. The third-order valence-corrected chi connectivity index (χ3v) is 10.4. The number of hydrogen-bond donors (Lipinski definition) is 4. The molecule has 4 amide bonds. The Bertz CT molecular complexity index is 1540. The fraction of sp³-hybridized carbons (Fsp3) is 0.711. The lowest BCUT2D eigenvalue weighted by atomic mass is 9.82. The summed E-state index contributed by atoms with van der Waals surface area (Å²) in [6.45, 7) is 11.8. The summed E-state index contributed by atoms with van der Waals surface area (Å²) in [6.07, 6.45) is 8.02. The molecule has 0 unspecified atom stereocenters. The molecule has 4 N–H and O–H groups in total. The molecule has 3 heterocycles. The van der Waals surface area contributed by atoms with Crippen molar-refractivity contribution >= 4 is 47.0 Å². The Labute approximate surface area is 317 Å². The molecule has 53 heavy (non-hydrogen) atoms.